The molecular weight excluding hydrogens is 207 g/mol. The summed E-state index contributed by atoms with van der Waals surface area (Å²) in [4.78, 5) is 1.98. The van der Waals surface area contributed by atoms with Gasteiger partial charge in [-0.3, -0.25) is 0 Å². The summed E-state index contributed by atoms with van der Waals surface area (Å²) in [5.41, 5.74) is -2.55. The average Bonchev–Trinajstić information content (AvgIpc) is 2.51. The molecule has 2 atom stereocenters. The fraction of sp³-hybridized carbons (Fsp3) is 1.00. The van der Waals surface area contributed by atoms with Crippen LogP contribution >= 0.6 is 0 Å². The van der Waals surface area contributed by atoms with Crippen LogP contribution in [0, 0.1) is 5.92 Å². The van der Waals surface area contributed by atoms with E-state index in [4.69, 9.17) is 0 Å². The van der Waals surface area contributed by atoms with E-state index in [0.717, 1.165) is 19.9 Å². The van der Waals surface area contributed by atoms with Gasteiger partial charge >= 0.3 is 6.18 Å². The van der Waals surface area contributed by atoms with Crippen molar-refractivity contribution in [1.29, 1.82) is 0 Å². The Balaban J connectivity index is 2.60. The van der Waals surface area contributed by atoms with Crippen LogP contribution in [0.3, 0.4) is 0 Å². The number of halogens is 3. The quantitative estimate of drug-likeness (QED) is 0.794. The Morgan fingerprint density at radius 1 is 1.40 bits per heavy atom. The maximum Gasteiger partial charge on any atom is 0.417 e. The van der Waals surface area contributed by atoms with Crippen LogP contribution in [0.1, 0.15) is 26.7 Å². The van der Waals surface area contributed by atoms with Crippen molar-refractivity contribution in [3.8, 4) is 0 Å². The van der Waals surface area contributed by atoms with Crippen molar-refractivity contribution < 1.29 is 18.3 Å². The van der Waals surface area contributed by atoms with Gasteiger partial charge in [0.15, 0.2) is 5.60 Å². The van der Waals surface area contributed by atoms with Gasteiger partial charge in [-0.25, -0.2) is 0 Å². The minimum absolute atomic E-state index is 0.348. The Hall–Kier alpha value is -0.290. The van der Waals surface area contributed by atoms with Gasteiger partial charge in [-0.05, 0) is 32.9 Å². The molecule has 2 nitrogen and oxygen atoms in total. The summed E-state index contributed by atoms with van der Waals surface area (Å²) in [6, 6.07) is 0. The first-order valence-corrected chi connectivity index (χ1v) is 5.30. The van der Waals surface area contributed by atoms with Crippen LogP contribution in [0.25, 0.3) is 0 Å². The van der Waals surface area contributed by atoms with Gasteiger partial charge in [0.1, 0.15) is 0 Å². The van der Waals surface area contributed by atoms with E-state index < -0.39 is 17.7 Å². The topological polar surface area (TPSA) is 23.5 Å². The van der Waals surface area contributed by atoms with E-state index in [0.29, 0.717) is 19.5 Å². The number of hydrogen-bond donors (Lipinski definition) is 1. The SMILES string of the molecule is CCCN1CCC(C(C)(O)C(F)(F)F)C1. The van der Waals surface area contributed by atoms with Gasteiger partial charge in [0.2, 0.25) is 0 Å². The van der Waals surface area contributed by atoms with E-state index in [1.807, 2.05) is 11.8 Å². The van der Waals surface area contributed by atoms with Gasteiger partial charge < -0.3 is 10.0 Å². The van der Waals surface area contributed by atoms with Crippen LogP contribution < -0.4 is 0 Å². The fourth-order valence-corrected chi connectivity index (χ4v) is 2.04. The van der Waals surface area contributed by atoms with Crippen molar-refractivity contribution in [2.45, 2.75) is 38.5 Å². The number of hydrogen-bond acceptors (Lipinski definition) is 2. The monoisotopic (exact) mass is 225 g/mol. The highest BCUT2D eigenvalue weighted by atomic mass is 19.4. The second kappa shape index (κ2) is 4.29. The molecule has 0 aromatic heterocycles. The Bertz CT molecular complexity index is 215. The van der Waals surface area contributed by atoms with Crippen LogP contribution in [0.5, 0.6) is 0 Å². The van der Waals surface area contributed by atoms with Crippen molar-refractivity contribution in [1.82, 2.24) is 4.90 Å². The molecule has 1 aliphatic rings. The van der Waals surface area contributed by atoms with E-state index in [9.17, 15) is 18.3 Å². The Labute approximate surface area is 88.1 Å². The summed E-state index contributed by atoms with van der Waals surface area (Å²) in [7, 11) is 0. The molecule has 1 aliphatic heterocycles. The highest BCUT2D eigenvalue weighted by molar-refractivity contribution is 4.94. The van der Waals surface area contributed by atoms with E-state index in [1.54, 1.807) is 0 Å². The van der Waals surface area contributed by atoms with E-state index in [1.165, 1.54) is 0 Å². The lowest BCUT2D eigenvalue weighted by Crippen LogP contribution is -2.49. The first kappa shape index (κ1) is 12.8. The summed E-state index contributed by atoms with van der Waals surface area (Å²) in [5, 5.41) is 9.49. The highest BCUT2D eigenvalue weighted by Crippen LogP contribution is 2.39. The van der Waals surface area contributed by atoms with Crippen LogP contribution in [0.2, 0.25) is 0 Å². The normalized spacial score (nSPS) is 28.0. The molecule has 0 amide bonds. The van der Waals surface area contributed by atoms with Crippen LogP contribution in [0.4, 0.5) is 13.2 Å². The van der Waals surface area contributed by atoms with Gasteiger partial charge in [-0.1, -0.05) is 6.92 Å². The van der Waals surface area contributed by atoms with Crippen LogP contribution in [0.15, 0.2) is 0 Å². The van der Waals surface area contributed by atoms with Gasteiger partial charge in [0.25, 0.3) is 0 Å². The zero-order chi connectivity index (χ0) is 11.7. The predicted molar refractivity (Wildman–Crippen MR) is 51.5 cm³/mol. The van der Waals surface area contributed by atoms with Crippen molar-refractivity contribution >= 4 is 0 Å². The molecule has 0 bridgehead atoms. The van der Waals surface area contributed by atoms with Gasteiger partial charge in [0, 0.05) is 12.5 Å². The molecular formula is C10H18F3NO. The van der Waals surface area contributed by atoms with Gasteiger partial charge in [0.05, 0.1) is 0 Å². The van der Waals surface area contributed by atoms with Crippen molar-refractivity contribution in [2.24, 2.45) is 5.92 Å². The van der Waals surface area contributed by atoms with E-state index >= 15 is 0 Å². The lowest BCUT2D eigenvalue weighted by atomic mass is 9.88. The predicted octanol–water partition coefficient (Wildman–Crippen LogP) is 2.03. The van der Waals surface area contributed by atoms with Gasteiger partial charge in [-0.15, -0.1) is 0 Å². The summed E-state index contributed by atoms with van der Waals surface area (Å²) in [6.07, 6.45) is -3.17. The standard InChI is InChI=1S/C10H18F3NO/c1-3-5-14-6-4-8(7-14)9(2,15)10(11,12)13/h8,15H,3-7H2,1-2H3. The molecule has 0 saturated carbocycles. The minimum atomic E-state index is -4.53. The third-order valence-electron chi connectivity index (χ3n) is 3.18. The molecule has 0 radical (unpaired) electrons. The molecule has 1 heterocycles. The summed E-state index contributed by atoms with van der Waals surface area (Å²) < 4.78 is 37.6. The second-order valence-electron chi connectivity index (χ2n) is 4.43. The maximum absolute atomic E-state index is 12.5. The molecule has 1 fully saturated rings. The first-order chi connectivity index (χ1) is 6.79. The summed E-state index contributed by atoms with van der Waals surface area (Å²) in [5.74, 6) is -0.691. The zero-order valence-electron chi connectivity index (χ0n) is 9.14. The Kier molecular flexibility index (Phi) is 3.66. The van der Waals surface area contributed by atoms with Crippen LogP contribution in [-0.4, -0.2) is 41.4 Å². The number of rotatable bonds is 3. The molecule has 1 N–H and O–H groups in total. The molecule has 0 aromatic carbocycles. The number of likely N-dealkylation sites (tertiary alicyclic amines) is 1. The minimum Gasteiger partial charge on any atom is -0.380 e. The van der Waals surface area contributed by atoms with Gasteiger partial charge in [-0.2, -0.15) is 13.2 Å². The van der Waals surface area contributed by atoms with E-state index in [2.05, 4.69) is 0 Å². The average molecular weight is 225 g/mol. The Morgan fingerprint density at radius 3 is 2.47 bits per heavy atom. The maximum atomic E-state index is 12.5. The number of aliphatic hydroxyl groups is 1. The molecule has 90 valence electrons. The number of alkyl halides is 3. The molecule has 0 aromatic rings. The van der Waals surface area contributed by atoms with E-state index in [-0.39, 0.29) is 0 Å². The smallest absolute Gasteiger partial charge is 0.380 e. The third kappa shape index (κ3) is 2.64. The van der Waals surface area contributed by atoms with Crippen molar-refractivity contribution in [3.63, 3.8) is 0 Å². The lowest BCUT2D eigenvalue weighted by Gasteiger charge is -2.32. The largest absolute Gasteiger partial charge is 0.417 e. The van der Waals surface area contributed by atoms with Crippen molar-refractivity contribution in [3.05, 3.63) is 0 Å². The third-order valence-corrected chi connectivity index (χ3v) is 3.18. The molecule has 2 unspecified atom stereocenters. The molecule has 15 heavy (non-hydrogen) atoms. The summed E-state index contributed by atoms with van der Waals surface area (Å²) in [6.45, 7) is 4.69. The fourth-order valence-electron chi connectivity index (χ4n) is 2.04. The van der Waals surface area contributed by atoms with Crippen LogP contribution in [-0.2, 0) is 0 Å². The summed E-state index contributed by atoms with van der Waals surface area (Å²) >= 11 is 0. The highest BCUT2D eigenvalue weighted by Gasteiger charge is 2.55. The lowest BCUT2D eigenvalue weighted by molar-refractivity contribution is -0.270. The second-order valence-corrected chi connectivity index (χ2v) is 4.43. The first-order valence-electron chi connectivity index (χ1n) is 5.30. The van der Waals surface area contributed by atoms with Crippen molar-refractivity contribution in [2.75, 3.05) is 19.6 Å². The molecule has 1 rings (SSSR count). The molecule has 0 aliphatic carbocycles. The Morgan fingerprint density at radius 2 is 2.00 bits per heavy atom. The zero-order valence-corrected chi connectivity index (χ0v) is 9.14. The number of nitrogens with zero attached hydrogens (tertiary/aromatic N) is 1. The molecule has 0 spiro atoms. The molecule has 1 saturated heterocycles. The molecule has 5 heteroatoms.